The number of amides is 1. The van der Waals surface area contributed by atoms with Crippen molar-refractivity contribution in [3.8, 4) is 5.75 Å². The van der Waals surface area contributed by atoms with Gasteiger partial charge in [-0.2, -0.15) is 0 Å². The Kier molecular flexibility index (Phi) is 7.75. The monoisotopic (exact) mass is 488 g/mol. The molecule has 1 heterocycles. The first kappa shape index (κ1) is 25.4. The van der Waals surface area contributed by atoms with E-state index in [9.17, 15) is 23.1 Å². The van der Waals surface area contributed by atoms with E-state index in [1.807, 2.05) is 0 Å². The number of Topliss-reactive ketones (excluding diaryl/α,β-unsaturated/α-hetero) is 1. The van der Waals surface area contributed by atoms with Crippen LogP contribution in [-0.2, 0) is 24.3 Å². The van der Waals surface area contributed by atoms with Gasteiger partial charge in [-0.1, -0.05) is 12.1 Å². The van der Waals surface area contributed by atoms with Gasteiger partial charge in [-0.05, 0) is 48.4 Å². The average Bonchev–Trinajstić information content (AvgIpc) is 3.08. The number of ketones is 1. The molecule has 3 rings (SSSR count). The lowest BCUT2D eigenvalue weighted by molar-refractivity contribution is -0.140. The van der Waals surface area contributed by atoms with Crippen molar-refractivity contribution in [2.45, 2.75) is 17.4 Å². The van der Waals surface area contributed by atoms with Crippen LogP contribution in [0.15, 0.2) is 59.0 Å². The molecule has 1 saturated heterocycles. The average molecular weight is 489 g/mol. The standard InChI is InChI=1S/C24H28N2O7S/c1-25(2)34(30,31)19-12-8-17(9-13-19)22(27)20-21(16-6-10-18(33-4)11-7-16)26(14-5-15-32-3)24(29)23(20)28/h6-13,21,27H,5,14-15H2,1-4H3. The second-order valence-corrected chi connectivity index (χ2v) is 10.1. The highest BCUT2D eigenvalue weighted by atomic mass is 32.2. The Morgan fingerprint density at radius 3 is 2.18 bits per heavy atom. The molecule has 2 aromatic rings. The van der Waals surface area contributed by atoms with E-state index >= 15 is 0 Å². The topological polar surface area (TPSA) is 113 Å². The van der Waals surface area contributed by atoms with Crippen molar-refractivity contribution in [3.63, 3.8) is 0 Å². The maximum atomic E-state index is 13.0. The highest BCUT2D eigenvalue weighted by Crippen LogP contribution is 2.40. The minimum Gasteiger partial charge on any atom is -0.507 e. The third kappa shape index (κ3) is 4.84. The van der Waals surface area contributed by atoms with Crippen molar-refractivity contribution in [2.75, 3.05) is 41.5 Å². The van der Waals surface area contributed by atoms with Gasteiger partial charge in [0.25, 0.3) is 11.7 Å². The first-order chi connectivity index (χ1) is 16.1. The van der Waals surface area contributed by atoms with E-state index < -0.39 is 27.8 Å². The number of methoxy groups -OCH3 is 2. The van der Waals surface area contributed by atoms with Gasteiger partial charge in [0, 0.05) is 39.9 Å². The third-order valence-corrected chi connectivity index (χ3v) is 7.45. The van der Waals surface area contributed by atoms with Crippen molar-refractivity contribution < 1.29 is 32.6 Å². The highest BCUT2D eigenvalue weighted by Gasteiger charge is 2.45. The number of aliphatic hydroxyl groups is 1. The molecule has 1 amide bonds. The van der Waals surface area contributed by atoms with Crippen LogP contribution in [0, 0.1) is 0 Å². The Morgan fingerprint density at radius 2 is 1.65 bits per heavy atom. The molecule has 9 nitrogen and oxygen atoms in total. The van der Waals surface area contributed by atoms with E-state index in [-0.39, 0.29) is 28.3 Å². The van der Waals surface area contributed by atoms with Crippen molar-refractivity contribution in [1.82, 2.24) is 9.21 Å². The fourth-order valence-corrected chi connectivity index (χ4v) is 4.68. The number of aliphatic hydroxyl groups excluding tert-OH is 1. The fraction of sp³-hybridized carbons (Fsp3) is 0.333. The number of benzene rings is 2. The van der Waals surface area contributed by atoms with Crippen LogP contribution in [0.3, 0.4) is 0 Å². The lowest BCUT2D eigenvalue weighted by Gasteiger charge is -2.25. The van der Waals surface area contributed by atoms with Gasteiger partial charge in [-0.15, -0.1) is 0 Å². The van der Waals surface area contributed by atoms with Crippen LogP contribution in [0.25, 0.3) is 5.76 Å². The van der Waals surface area contributed by atoms with Gasteiger partial charge in [0.1, 0.15) is 11.5 Å². The maximum Gasteiger partial charge on any atom is 0.295 e. The molecule has 0 aromatic heterocycles. The number of carbonyl (C=O) groups excluding carboxylic acids is 2. The van der Waals surface area contributed by atoms with E-state index in [1.165, 1.54) is 50.4 Å². The fourth-order valence-electron chi connectivity index (χ4n) is 3.77. The molecule has 1 aliphatic heterocycles. The van der Waals surface area contributed by atoms with E-state index in [0.717, 1.165) is 4.31 Å². The Hall–Kier alpha value is -3.21. The molecule has 34 heavy (non-hydrogen) atoms. The molecule has 2 aromatic carbocycles. The lowest BCUT2D eigenvalue weighted by atomic mass is 9.95. The zero-order chi connectivity index (χ0) is 25.0. The van der Waals surface area contributed by atoms with Crippen LogP contribution in [0.5, 0.6) is 5.75 Å². The normalized spacial score (nSPS) is 18.0. The third-order valence-electron chi connectivity index (χ3n) is 5.63. The molecule has 182 valence electrons. The summed E-state index contributed by atoms with van der Waals surface area (Å²) in [5, 5.41) is 11.1. The number of hydrogen-bond acceptors (Lipinski definition) is 7. The molecular formula is C24H28N2O7S. The number of ether oxygens (including phenoxy) is 2. The van der Waals surface area contributed by atoms with Crippen LogP contribution >= 0.6 is 0 Å². The predicted molar refractivity (Wildman–Crippen MR) is 126 cm³/mol. The molecule has 0 aliphatic carbocycles. The summed E-state index contributed by atoms with van der Waals surface area (Å²) in [6.45, 7) is 0.659. The van der Waals surface area contributed by atoms with E-state index in [2.05, 4.69) is 0 Å². The molecule has 1 aliphatic rings. The van der Waals surface area contributed by atoms with Gasteiger partial charge >= 0.3 is 0 Å². The number of hydrogen-bond donors (Lipinski definition) is 1. The first-order valence-electron chi connectivity index (χ1n) is 10.6. The molecule has 0 bridgehead atoms. The minimum atomic E-state index is -3.66. The smallest absolute Gasteiger partial charge is 0.295 e. The van der Waals surface area contributed by atoms with Crippen molar-refractivity contribution in [3.05, 3.63) is 65.2 Å². The van der Waals surface area contributed by atoms with Crippen molar-refractivity contribution in [2.24, 2.45) is 0 Å². The van der Waals surface area contributed by atoms with Gasteiger partial charge in [-0.3, -0.25) is 9.59 Å². The number of rotatable bonds is 9. The molecule has 10 heteroatoms. The highest BCUT2D eigenvalue weighted by molar-refractivity contribution is 7.89. The minimum absolute atomic E-state index is 0.0424. The molecule has 1 unspecified atom stereocenters. The summed E-state index contributed by atoms with van der Waals surface area (Å²) >= 11 is 0. The van der Waals surface area contributed by atoms with E-state index in [0.29, 0.717) is 24.3 Å². The second-order valence-electron chi connectivity index (χ2n) is 7.92. The number of sulfonamides is 1. The Balaban J connectivity index is 2.09. The van der Waals surface area contributed by atoms with Crippen molar-refractivity contribution >= 4 is 27.5 Å². The Morgan fingerprint density at radius 1 is 1.03 bits per heavy atom. The molecular weight excluding hydrogens is 460 g/mol. The van der Waals surface area contributed by atoms with Gasteiger partial charge in [0.2, 0.25) is 10.0 Å². The second kappa shape index (κ2) is 10.4. The van der Waals surface area contributed by atoms with E-state index in [4.69, 9.17) is 9.47 Å². The maximum absolute atomic E-state index is 13.0. The van der Waals surface area contributed by atoms with Gasteiger partial charge in [0.05, 0.1) is 23.6 Å². The summed E-state index contributed by atoms with van der Waals surface area (Å²) in [6, 6.07) is 11.6. The molecule has 1 fully saturated rings. The van der Waals surface area contributed by atoms with Crippen LogP contribution in [-0.4, -0.2) is 75.9 Å². The number of likely N-dealkylation sites (tertiary alicyclic amines) is 1. The molecule has 0 radical (unpaired) electrons. The van der Waals surface area contributed by atoms with Crippen molar-refractivity contribution in [1.29, 1.82) is 0 Å². The van der Waals surface area contributed by atoms with Gasteiger partial charge in [-0.25, -0.2) is 12.7 Å². The molecule has 0 spiro atoms. The summed E-state index contributed by atoms with van der Waals surface area (Å²) in [5.41, 5.74) is 0.799. The molecule has 1 N–H and O–H groups in total. The van der Waals surface area contributed by atoms with Crippen LogP contribution in [0.4, 0.5) is 0 Å². The Bertz CT molecular complexity index is 1190. The quantitative estimate of drug-likeness (QED) is 0.250. The predicted octanol–water partition coefficient (Wildman–Crippen LogP) is 2.40. The summed E-state index contributed by atoms with van der Waals surface area (Å²) in [6.07, 6.45) is 0.507. The largest absolute Gasteiger partial charge is 0.507 e. The summed E-state index contributed by atoms with van der Waals surface area (Å²) in [7, 11) is 2.27. The van der Waals surface area contributed by atoms with E-state index in [1.54, 1.807) is 31.4 Å². The van der Waals surface area contributed by atoms with Gasteiger partial charge in [0.15, 0.2) is 0 Å². The SMILES string of the molecule is COCCCN1C(=O)C(=O)C(=C(O)c2ccc(S(=O)(=O)N(C)C)cc2)C1c1ccc(OC)cc1. The molecule has 1 atom stereocenters. The van der Waals surface area contributed by atoms with Crippen LogP contribution in [0.1, 0.15) is 23.6 Å². The number of nitrogens with zero attached hydrogens (tertiary/aromatic N) is 2. The Labute approximate surface area is 199 Å². The summed E-state index contributed by atoms with van der Waals surface area (Å²) in [4.78, 5) is 27.4. The summed E-state index contributed by atoms with van der Waals surface area (Å²) in [5.74, 6) is -1.29. The molecule has 0 saturated carbocycles. The van der Waals surface area contributed by atoms with Crippen LogP contribution < -0.4 is 4.74 Å². The first-order valence-corrected chi connectivity index (χ1v) is 12.0. The van der Waals surface area contributed by atoms with Crippen LogP contribution in [0.2, 0.25) is 0 Å². The zero-order valence-electron chi connectivity index (χ0n) is 19.5. The summed E-state index contributed by atoms with van der Waals surface area (Å²) < 4.78 is 36.1. The lowest BCUT2D eigenvalue weighted by Crippen LogP contribution is -2.31. The zero-order valence-corrected chi connectivity index (χ0v) is 20.3. The van der Waals surface area contributed by atoms with Gasteiger partial charge < -0.3 is 19.5 Å². The number of carbonyl (C=O) groups is 2.